The zero-order valence-electron chi connectivity index (χ0n) is 30.1. The number of fused-ring (bicyclic) bond motifs is 4. The Hall–Kier alpha value is -5.42. The summed E-state index contributed by atoms with van der Waals surface area (Å²) in [4.78, 5) is 20.6. The first-order valence-corrected chi connectivity index (χ1v) is 12.1. The highest BCUT2D eigenvalue weighted by Crippen LogP contribution is 2.50. The van der Waals surface area contributed by atoms with E-state index in [0.29, 0.717) is 11.4 Å². The quantitative estimate of drug-likeness (QED) is 0.224. The second kappa shape index (κ2) is 8.57. The van der Waals surface area contributed by atoms with Crippen LogP contribution in [0.4, 0.5) is 17.3 Å². The van der Waals surface area contributed by atoms with Crippen molar-refractivity contribution in [3.63, 3.8) is 0 Å². The van der Waals surface area contributed by atoms with Gasteiger partial charge in [0.05, 0.1) is 36.3 Å². The fourth-order valence-corrected chi connectivity index (χ4v) is 5.00. The van der Waals surface area contributed by atoms with Gasteiger partial charge in [0.15, 0.2) is 11.6 Å². The molecule has 0 aliphatic carbocycles. The van der Waals surface area contributed by atoms with Crippen molar-refractivity contribution >= 4 is 39.0 Å². The van der Waals surface area contributed by atoms with Crippen LogP contribution in [-0.2, 0) is 0 Å². The zero-order valence-corrected chi connectivity index (χ0v) is 20.1. The summed E-state index contributed by atoms with van der Waals surface area (Å²) < 4.78 is 84.1. The van der Waals surface area contributed by atoms with Gasteiger partial charge in [-0.05, 0) is 23.6 Å². The zero-order chi connectivity index (χ0) is 34.5. The number of rotatable bonds is 3. The number of pyridine rings is 1. The maximum Gasteiger partial charge on any atom is 0.238 e. The number of anilines is 3. The molecule has 8 rings (SSSR count). The molecule has 0 bridgehead atoms. The molecule has 7 aromatic rings. The predicted octanol–water partition coefficient (Wildman–Crippen LogP) is 8.36. The molecule has 0 saturated heterocycles. The summed E-state index contributed by atoms with van der Waals surface area (Å²) in [7, 11) is 0. The molecule has 1 aliphatic heterocycles. The predicted molar refractivity (Wildman–Crippen MR) is 157 cm³/mol. The summed E-state index contributed by atoms with van der Waals surface area (Å²) in [5.74, 6) is -0.746. The summed E-state index contributed by atoms with van der Waals surface area (Å²) >= 11 is 0. The van der Waals surface area contributed by atoms with E-state index in [-0.39, 0.29) is 28.7 Å². The van der Waals surface area contributed by atoms with Crippen LogP contribution in [0.5, 0.6) is 0 Å². The van der Waals surface area contributed by atoms with Gasteiger partial charge >= 0.3 is 0 Å². The molecule has 1 aliphatic rings. The second-order valence-electron chi connectivity index (χ2n) is 8.81. The normalized spacial score (nSPS) is 15.6. The molecule has 39 heavy (non-hydrogen) atoms. The fraction of sp³-hybridized carbons (Fsp3) is 0. The number of para-hydroxylation sites is 2. The number of aromatic nitrogens is 4. The van der Waals surface area contributed by atoms with Gasteiger partial charge in [-0.15, -0.1) is 0 Å². The van der Waals surface area contributed by atoms with Crippen LogP contribution in [-0.4, -0.2) is 19.9 Å². The third-order valence-electron chi connectivity index (χ3n) is 6.62. The van der Waals surface area contributed by atoms with E-state index in [0.717, 1.165) is 32.9 Å². The summed E-state index contributed by atoms with van der Waals surface area (Å²) in [5, 5.41) is 2.61. The number of nitrogens with zero attached hydrogens (tertiary/aromatic N) is 5. The van der Waals surface area contributed by atoms with Crippen LogP contribution < -0.4 is 4.90 Å². The van der Waals surface area contributed by atoms with Crippen LogP contribution in [0.1, 0.15) is 13.7 Å². The van der Waals surface area contributed by atoms with Crippen molar-refractivity contribution in [1.29, 1.82) is 0 Å². The molecule has 5 aromatic carbocycles. The Kier molecular flexibility index (Phi) is 3.06. The Bertz CT molecular complexity index is 2450. The third kappa shape index (κ3) is 3.41. The van der Waals surface area contributed by atoms with Crippen molar-refractivity contribution < 1.29 is 13.7 Å². The topological polar surface area (TPSA) is 54.8 Å². The average Bonchev–Trinajstić information content (AvgIpc) is 3.11. The van der Waals surface area contributed by atoms with E-state index in [1.54, 1.807) is 4.90 Å². The molecule has 0 radical (unpaired) electrons. The SMILES string of the molecule is [2H]c1c([2H])c([2H])c(-c2nc(-c3c([2H])c([2H])c([2H])c([2H])c3[2H])nc(N3c4ccccc4-c4nc5ccccc5c5cccc3c45)n2)c([2H])c1[2H]. The molecular weight excluding hydrogens is 478 g/mol. The number of hydrogen-bond acceptors (Lipinski definition) is 5. The van der Waals surface area contributed by atoms with Crippen LogP contribution in [0.15, 0.2) is 127 Å². The van der Waals surface area contributed by atoms with E-state index in [1.807, 2.05) is 66.7 Å². The van der Waals surface area contributed by atoms with Gasteiger partial charge < -0.3 is 0 Å². The van der Waals surface area contributed by atoms with Crippen molar-refractivity contribution in [3.8, 4) is 34.0 Å². The first kappa shape index (κ1) is 13.9. The van der Waals surface area contributed by atoms with Crippen LogP contribution in [0.3, 0.4) is 0 Å². The van der Waals surface area contributed by atoms with Gasteiger partial charge in [-0.1, -0.05) is 109 Å². The maximum atomic E-state index is 8.67. The average molecular weight is 510 g/mol. The molecule has 5 heteroatoms. The van der Waals surface area contributed by atoms with Gasteiger partial charge in [0, 0.05) is 27.5 Å². The van der Waals surface area contributed by atoms with Crippen LogP contribution >= 0.6 is 0 Å². The molecule has 182 valence electrons. The Morgan fingerprint density at radius 3 is 1.90 bits per heavy atom. The minimum absolute atomic E-state index is 0.0719. The first-order valence-electron chi connectivity index (χ1n) is 17.1. The summed E-state index contributed by atoms with van der Waals surface area (Å²) in [6.45, 7) is 0. The highest BCUT2D eigenvalue weighted by molar-refractivity contribution is 6.19. The lowest BCUT2D eigenvalue weighted by Gasteiger charge is -2.31. The van der Waals surface area contributed by atoms with Crippen LogP contribution in [0, 0.1) is 0 Å². The van der Waals surface area contributed by atoms with Crippen molar-refractivity contribution in [1.82, 2.24) is 19.9 Å². The molecule has 0 unspecified atom stereocenters. The number of hydrogen-bond donors (Lipinski definition) is 0. The van der Waals surface area contributed by atoms with E-state index >= 15 is 0 Å². The van der Waals surface area contributed by atoms with Crippen molar-refractivity contribution in [2.45, 2.75) is 0 Å². The standard InChI is InChI=1S/C34H21N5/c1-3-12-22(13-4-1)32-36-33(23-14-5-2-6-15-23)38-34(37-32)39-28-20-10-8-17-26(28)31-30-25(18-11-21-29(30)39)24-16-7-9-19-27(24)35-31/h1-21H/i1D,2D,3D,4D,5D,6D,12D,13D,14D,15D. The van der Waals surface area contributed by atoms with Crippen molar-refractivity contribution in [2.75, 3.05) is 4.90 Å². The molecular formula is C34H21N5. The van der Waals surface area contributed by atoms with Crippen LogP contribution in [0.25, 0.3) is 55.7 Å². The lowest BCUT2D eigenvalue weighted by atomic mass is 9.93. The molecule has 0 N–H and O–H groups in total. The molecule has 0 spiro atoms. The highest BCUT2D eigenvalue weighted by Gasteiger charge is 2.30. The number of benzene rings is 5. The second-order valence-corrected chi connectivity index (χ2v) is 8.81. The minimum Gasteiger partial charge on any atom is -0.278 e. The summed E-state index contributed by atoms with van der Waals surface area (Å²) in [6.07, 6.45) is 0. The Morgan fingerprint density at radius 2 is 1.15 bits per heavy atom. The Labute approximate surface area is 239 Å². The van der Waals surface area contributed by atoms with Gasteiger partial charge in [-0.25, -0.2) is 9.97 Å². The molecule has 0 amide bonds. The van der Waals surface area contributed by atoms with Gasteiger partial charge in [0.2, 0.25) is 5.95 Å². The maximum absolute atomic E-state index is 8.67. The van der Waals surface area contributed by atoms with Gasteiger partial charge in [0.1, 0.15) is 0 Å². The Balaban J connectivity index is 1.51. The van der Waals surface area contributed by atoms with Gasteiger partial charge in [-0.2, -0.15) is 9.97 Å². The van der Waals surface area contributed by atoms with Crippen molar-refractivity contribution in [3.05, 3.63) is 127 Å². The van der Waals surface area contributed by atoms with E-state index in [1.165, 1.54) is 0 Å². The van der Waals surface area contributed by atoms with Crippen molar-refractivity contribution in [2.24, 2.45) is 0 Å². The van der Waals surface area contributed by atoms with Gasteiger partial charge in [-0.3, -0.25) is 4.90 Å². The molecule has 0 atom stereocenters. The third-order valence-corrected chi connectivity index (χ3v) is 6.62. The Morgan fingerprint density at radius 1 is 0.538 bits per heavy atom. The lowest BCUT2D eigenvalue weighted by Crippen LogP contribution is -2.19. The largest absolute Gasteiger partial charge is 0.278 e. The summed E-state index contributed by atoms with van der Waals surface area (Å²) in [5.41, 5.74) is 2.83. The lowest BCUT2D eigenvalue weighted by molar-refractivity contribution is 1.02. The molecule has 2 aromatic heterocycles. The smallest absolute Gasteiger partial charge is 0.238 e. The first-order chi connectivity index (χ1) is 23.5. The summed E-state index contributed by atoms with van der Waals surface area (Å²) in [6, 6.07) is 15.0. The van der Waals surface area contributed by atoms with E-state index < -0.39 is 60.4 Å². The van der Waals surface area contributed by atoms with Crippen LogP contribution in [0.2, 0.25) is 0 Å². The minimum atomic E-state index is -0.609. The molecule has 0 saturated carbocycles. The molecule has 5 nitrogen and oxygen atoms in total. The highest BCUT2D eigenvalue weighted by atomic mass is 15.3. The fourth-order valence-electron chi connectivity index (χ4n) is 5.00. The van der Waals surface area contributed by atoms with E-state index in [2.05, 4.69) is 4.98 Å². The molecule has 3 heterocycles. The van der Waals surface area contributed by atoms with E-state index in [4.69, 9.17) is 28.7 Å². The van der Waals surface area contributed by atoms with Gasteiger partial charge in [0.25, 0.3) is 0 Å². The van der Waals surface area contributed by atoms with E-state index in [9.17, 15) is 0 Å². The molecule has 0 fully saturated rings. The monoisotopic (exact) mass is 509 g/mol.